The van der Waals surface area contributed by atoms with Gasteiger partial charge in [0.05, 0.1) is 46.2 Å². The molecule has 7 rings (SSSR count). The molecule has 0 spiro atoms. The van der Waals surface area contributed by atoms with E-state index in [4.69, 9.17) is 35.7 Å². The van der Waals surface area contributed by atoms with Gasteiger partial charge in [0.15, 0.2) is 0 Å². The molecule has 7 nitrogen and oxygen atoms in total. The molecule has 7 aromatic carbocycles. The maximum atomic E-state index is 9.08. The highest BCUT2D eigenvalue weighted by molar-refractivity contribution is 5.35. The lowest BCUT2D eigenvalue weighted by atomic mass is 9.84. The molecule has 0 saturated heterocycles. The highest BCUT2D eigenvalue weighted by Gasteiger charge is 2.20. The highest BCUT2D eigenvalue weighted by atomic mass is 16.3. The van der Waals surface area contributed by atoms with Crippen molar-refractivity contribution in [1.82, 2.24) is 0 Å². The lowest BCUT2D eigenvalue weighted by Gasteiger charge is -2.21. The SMILES string of the molecule is CC(C)(C)c1ccc(CO)cc1.CC(C)(C)c1ccc(CO)cc1.CC(C)(C)c1cccc(CO)c1.CC(C)(C)c1cccc(CO)c1.CC(C)(C)c1ccccc1CO.CC(C)(C)c1ccccc1CO.CC(C)(C)c1ccccc1CO. The van der Waals surface area contributed by atoms with Crippen LogP contribution in [0.4, 0.5) is 0 Å². The Balaban J connectivity index is 0.000000490. The molecule has 0 aromatic heterocycles. The third kappa shape index (κ3) is 28.4. The predicted molar refractivity (Wildman–Crippen MR) is 357 cm³/mol. The zero-order valence-corrected chi connectivity index (χ0v) is 55.7. The number of aliphatic hydroxyl groups is 7. The summed E-state index contributed by atoms with van der Waals surface area (Å²) >= 11 is 0. The second-order valence-corrected chi connectivity index (χ2v) is 28.6. The molecular weight excluding hydrogens is 1040 g/mol. The largest absolute Gasteiger partial charge is 0.392 e. The molecular formula is C77H112O7. The summed E-state index contributed by atoms with van der Waals surface area (Å²) < 4.78 is 0. The molecule has 0 atom stereocenters. The molecule has 0 fully saturated rings. The summed E-state index contributed by atoms with van der Waals surface area (Å²) in [6.45, 7) is 46.4. The minimum Gasteiger partial charge on any atom is -0.392 e. The van der Waals surface area contributed by atoms with E-state index in [2.05, 4.69) is 212 Å². The molecule has 7 aromatic rings. The van der Waals surface area contributed by atoms with Gasteiger partial charge in [-0.05, 0) is 116 Å². The van der Waals surface area contributed by atoms with Crippen LogP contribution in [0, 0.1) is 0 Å². The van der Waals surface area contributed by atoms with Gasteiger partial charge in [-0.1, -0.05) is 315 Å². The Hall–Kier alpha value is -5.74. The van der Waals surface area contributed by atoms with Crippen LogP contribution in [0.5, 0.6) is 0 Å². The van der Waals surface area contributed by atoms with Crippen LogP contribution in [0.2, 0.25) is 0 Å². The molecule has 0 bridgehead atoms. The topological polar surface area (TPSA) is 142 Å². The zero-order valence-electron chi connectivity index (χ0n) is 55.7. The van der Waals surface area contributed by atoms with Crippen LogP contribution in [0.1, 0.15) is 223 Å². The normalized spacial score (nSPS) is 11.7. The first kappa shape index (κ1) is 76.3. The third-order valence-corrected chi connectivity index (χ3v) is 13.9. The second kappa shape index (κ2) is 35.0. The van der Waals surface area contributed by atoms with E-state index in [0.717, 1.165) is 38.9 Å². The Morgan fingerprint density at radius 2 is 0.429 bits per heavy atom. The Morgan fingerprint density at radius 3 is 0.607 bits per heavy atom. The molecule has 0 radical (unpaired) electrons. The molecule has 0 aliphatic rings. The van der Waals surface area contributed by atoms with Crippen LogP contribution < -0.4 is 0 Å². The number of rotatable bonds is 7. The van der Waals surface area contributed by atoms with Crippen molar-refractivity contribution in [3.63, 3.8) is 0 Å². The molecule has 0 aliphatic heterocycles. The molecule has 7 heteroatoms. The van der Waals surface area contributed by atoms with Crippen molar-refractivity contribution in [3.8, 4) is 0 Å². The van der Waals surface area contributed by atoms with Gasteiger partial charge in [0, 0.05) is 0 Å². The van der Waals surface area contributed by atoms with E-state index in [9.17, 15) is 0 Å². The summed E-state index contributed by atoms with van der Waals surface area (Å²) in [5.41, 5.74) is 17.0. The van der Waals surface area contributed by atoms with Crippen molar-refractivity contribution < 1.29 is 35.7 Å². The van der Waals surface area contributed by atoms with Gasteiger partial charge in [-0.3, -0.25) is 0 Å². The highest BCUT2D eigenvalue weighted by Crippen LogP contribution is 2.29. The van der Waals surface area contributed by atoms with E-state index in [0.29, 0.717) is 0 Å². The fourth-order valence-electron chi connectivity index (χ4n) is 8.66. The van der Waals surface area contributed by atoms with Crippen molar-refractivity contribution in [2.75, 3.05) is 0 Å². The average Bonchev–Trinajstić information content (AvgIpc) is 3.56. The second-order valence-electron chi connectivity index (χ2n) is 28.6. The quantitative estimate of drug-likeness (QED) is 0.0843. The minimum atomic E-state index is 0.124. The van der Waals surface area contributed by atoms with Crippen molar-refractivity contribution >= 4 is 0 Å². The van der Waals surface area contributed by atoms with Crippen LogP contribution in [0.15, 0.2) is 170 Å². The molecule has 0 saturated carbocycles. The molecule has 84 heavy (non-hydrogen) atoms. The number of hydrogen-bond acceptors (Lipinski definition) is 7. The van der Waals surface area contributed by atoms with Crippen molar-refractivity contribution in [1.29, 1.82) is 0 Å². The summed E-state index contributed by atoms with van der Waals surface area (Å²) in [5.74, 6) is 0. The number of aliphatic hydroxyl groups excluding tert-OH is 7. The number of hydrogen-bond donors (Lipinski definition) is 7. The summed E-state index contributed by atoms with van der Waals surface area (Å²) in [4.78, 5) is 0. The molecule has 0 unspecified atom stereocenters. The molecule has 7 N–H and O–H groups in total. The molecule has 0 amide bonds. The smallest absolute Gasteiger partial charge is 0.0684 e. The fourth-order valence-corrected chi connectivity index (χ4v) is 8.66. The van der Waals surface area contributed by atoms with Crippen LogP contribution in [-0.2, 0) is 84.2 Å². The zero-order chi connectivity index (χ0) is 64.3. The lowest BCUT2D eigenvalue weighted by Crippen LogP contribution is -2.13. The minimum absolute atomic E-state index is 0.124. The van der Waals surface area contributed by atoms with Gasteiger partial charge < -0.3 is 35.7 Å². The summed E-state index contributed by atoms with van der Waals surface area (Å²) in [7, 11) is 0. The van der Waals surface area contributed by atoms with Gasteiger partial charge >= 0.3 is 0 Å². The van der Waals surface area contributed by atoms with Gasteiger partial charge in [-0.15, -0.1) is 0 Å². The summed E-state index contributed by atoms with van der Waals surface area (Å²) in [6.07, 6.45) is 0. The van der Waals surface area contributed by atoms with E-state index in [1.165, 1.54) is 38.9 Å². The Labute approximate surface area is 510 Å². The van der Waals surface area contributed by atoms with Gasteiger partial charge in [0.25, 0.3) is 0 Å². The molecule has 462 valence electrons. The lowest BCUT2D eigenvalue weighted by molar-refractivity contribution is 0.278. The Kier molecular flexibility index (Phi) is 31.8. The fraction of sp³-hybridized carbons (Fsp3) is 0.455. The van der Waals surface area contributed by atoms with E-state index in [1.807, 2.05) is 103 Å². The first-order valence-electron chi connectivity index (χ1n) is 29.7. The Bertz CT molecular complexity index is 2650. The third-order valence-electron chi connectivity index (χ3n) is 13.9. The van der Waals surface area contributed by atoms with Crippen LogP contribution in [-0.4, -0.2) is 35.7 Å². The van der Waals surface area contributed by atoms with E-state index in [1.54, 1.807) is 0 Å². The first-order valence-corrected chi connectivity index (χ1v) is 29.7. The van der Waals surface area contributed by atoms with Crippen LogP contribution in [0.25, 0.3) is 0 Å². The summed E-state index contributed by atoms with van der Waals surface area (Å²) in [6, 6.07) is 56.4. The van der Waals surface area contributed by atoms with Crippen molar-refractivity contribution in [3.05, 3.63) is 248 Å². The average molecular weight is 1150 g/mol. The first-order chi connectivity index (χ1) is 38.8. The van der Waals surface area contributed by atoms with Crippen molar-refractivity contribution in [2.24, 2.45) is 0 Å². The van der Waals surface area contributed by atoms with Crippen LogP contribution in [0.3, 0.4) is 0 Å². The van der Waals surface area contributed by atoms with Gasteiger partial charge in [-0.25, -0.2) is 0 Å². The van der Waals surface area contributed by atoms with Gasteiger partial charge in [0.2, 0.25) is 0 Å². The van der Waals surface area contributed by atoms with Crippen molar-refractivity contribution in [2.45, 2.75) is 230 Å². The number of benzene rings is 7. The van der Waals surface area contributed by atoms with Gasteiger partial charge in [-0.2, -0.15) is 0 Å². The summed E-state index contributed by atoms with van der Waals surface area (Å²) in [5, 5.41) is 62.8. The monoisotopic (exact) mass is 1150 g/mol. The standard InChI is InChI=1S/7C11H16O/c2*1-11(2,3)10-6-4-9(8-12)5-7-10;2*1-11(2,3)10-6-4-5-9(7-10)8-12;3*1-11(2,3)10-7-5-4-6-9(10)8-12/h7*4-7,12H,8H2,1-3H3. The van der Waals surface area contributed by atoms with E-state index < -0.39 is 0 Å². The maximum absolute atomic E-state index is 9.08. The predicted octanol–water partition coefficient (Wildman–Crippen LogP) is 17.3. The van der Waals surface area contributed by atoms with E-state index >= 15 is 0 Å². The maximum Gasteiger partial charge on any atom is 0.0684 e. The van der Waals surface area contributed by atoms with Gasteiger partial charge in [0.1, 0.15) is 0 Å². The van der Waals surface area contributed by atoms with Crippen LogP contribution >= 0.6 is 0 Å². The van der Waals surface area contributed by atoms with E-state index in [-0.39, 0.29) is 84.2 Å². The molecule has 0 heterocycles. The molecule has 0 aliphatic carbocycles. The Morgan fingerprint density at radius 1 is 0.202 bits per heavy atom.